The van der Waals surface area contributed by atoms with E-state index < -0.39 is 0 Å². The van der Waals surface area contributed by atoms with Gasteiger partial charge in [-0.3, -0.25) is 0 Å². The molecule has 0 aliphatic carbocycles. The topological polar surface area (TPSA) is 41.6 Å². The Morgan fingerprint density at radius 1 is 1.47 bits per heavy atom. The minimum atomic E-state index is -0.282. The van der Waals surface area contributed by atoms with E-state index in [1.807, 2.05) is 25.1 Å². The van der Waals surface area contributed by atoms with Crippen LogP contribution in [0.4, 0.5) is 5.69 Å². The number of benzene rings is 1. The number of piperidine rings is 1. The molecule has 1 heterocycles. The second kappa shape index (κ2) is 6.06. The number of carbonyl (C=O) groups excluding carboxylic acids is 1. The maximum Gasteiger partial charge on any atom is 0.339 e. The molecule has 1 fully saturated rings. The molecule has 104 valence electrons. The quantitative estimate of drug-likeness (QED) is 0.849. The molecule has 1 saturated heterocycles. The number of likely N-dealkylation sites (N-methyl/N-ethyl adjacent to an activating group) is 1. The van der Waals surface area contributed by atoms with Crippen molar-refractivity contribution in [2.75, 3.05) is 32.6 Å². The molecule has 19 heavy (non-hydrogen) atoms. The predicted octanol–water partition coefficient (Wildman–Crippen LogP) is 2.29. The van der Waals surface area contributed by atoms with Crippen molar-refractivity contribution in [3.05, 3.63) is 29.3 Å². The molecule has 1 N–H and O–H groups in total. The molecule has 0 bridgehead atoms. The van der Waals surface area contributed by atoms with Gasteiger partial charge in [-0.1, -0.05) is 11.6 Å². The zero-order valence-corrected chi connectivity index (χ0v) is 11.9. The molecule has 0 aromatic heterocycles. The third-order valence-corrected chi connectivity index (χ3v) is 3.56. The maximum absolute atomic E-state index is 11.8. The molecule has 0 spiro atoms. The predicted molar refractivity (Wildman–Crippen MR) is 76.7 cm³/mol. The van der Waals surface area contributed by atoms with E-state index in [4.69, 9.17) is 4.74 Å². The van der Waals surface area contributed by atoms with Crippen molar-refractivity contribution in [2.24, 2.45) is 0 Å². The van der Waals surface area contributed by atoms with Gasteiger partial charge in [-0.05, 0) is 45.5 Å². The lowest BCUT2D eigenvalue weighted by Crippen LogP contribution is -2.40. The van der Waals surface area contributed by atoms with Crippen molar-refractivity contribution < 1.29 is 9.53 Å². The lowest BCUT2D eigenvalue weighted by Gasteiger charge is -2.31. The minimum absolute atomic E-state index is 0.282. The van der Waals surface area contributed by atoms with Crippen molar-refractivity contribution >= 4 is 11.7 Å². The summed E-state index contributed by atoms with van der Waals surface area (Å²) in [5.41, 5.74) is 2.56. The van der Waals surface area contributed by atoms with Gasteiger partial charge in [-0.2, -0.15) is 0 Å². The van der Waals surface area contributed by atoms with E-state index in [2.05, 4.69) is 17.3 Å². The molecule has 4 nitrogen and oxygen atoms in total. The first kappa shape index (κ1) is 13.9. The van der Waals surface area contributed by atoms with Gasteiger partial charge in [0.25, 0.3) is 0 Å². The normalized spacial score (nSPS) is 20.1. The van der Waals surface area contributed by atoms with Crippen molar-refractivity contribution in [3.63, 3.8) is 0 Å². The summed E-state index contributed by atoms with van der Waals surface area (Å²) in [7, 11) is 3.55. The average Bonchev–Trinajstić information content (AvgIpc) is 2.40. The van der Waals surface area contributed by atoms with Crippen LogP contribution < -0.4 is 5.32 Å². The van der Waals surface area contributed by atoms with Gasteiger partial charge in [0.1, 0.15) is 0 Å². The molecular weight excluding hydrogens is 240 g/mol. The number of likely N-dealkylation sites (tertiary alicyclic amines) is 1. The Morgan fingerprint density at radius 3 is 2.95 bits per heavy atom. The standard InChI is InChI=1S/C15H22N2O2/c1-11-6-7-14(13(9-11)15(18)19-3)16-12-5-4-8-17(2)10-12/h6-7,9,12,16H,4-5,8,10H2,1-3H3. The lowest BCUT2D eigenvalue weighted by molar-refractivity contribution is 0.0601. The number of aryl methyl sites for hydroxylation is 1. The molecule has 0 saturated carbocycles. The van der Waals surface area contributed by atoms with Crippen molar-refractivity contribution in [1.82, 2.24) is 4.90 Å². The molecule has 1 unspecified atom stereocenters. The summed E-state index contributed by atoms with van der Waals surface area (Å²) >= 11 is 0. The number of nitrogens with one attached hydrogen (secondary N) is 1. The highest BCUT2D eigenvalue weighted by atomic mass is 16.5. The van der Waals surface area contributed by atoms with E-state index in [0.717, 1.165) is 30.8 Å². The lowest BCUT2D eigenvalue weighted by atomic mass is 10.0. The molecule has 1 atom stereocenters. The summed E-state index contributed by atoms with van der Waals surface area (Å²) in [5, 5.41) is 3.48. The van der Waals surface area contributed by atoms with E-state index in [1.54, 1.807) is 0 Å². The summed E-state index contributed by atoms with van der Waals surface area (Å²) in [5.74, 6) is -0.282. The van der Waals surface area contributed by atoms with Crippen molar-refractivity contribution in [1.29, 1.82) is 0 Å². The van der Waals surface area contributed by atoms with Crippen LogP contribution in [0.3, 0.4) is 0 Å². The Labute approximate surface area is 114 Å². The molecule has 1 aromatic rings. The summed E-state index contributed by atoms with van der Waals surface area (Å²) in [4.78, 5) is 14.1. The third kappa shape index (κ3) is 3.47. The molecule has 1 aromatic carbocycles. The smallest absolute Gasteiger partial charge is 0.339 e. The third-order valence-electron chi connectivity index (χ3n) is 3.56. The van der Waals surface area contributed by atoms with Crippen molar-refractivity contribution in [3.8, 4) is 0 Å². The Balaban J connectivity index is 2.17. The molecule has 0 amide bonds. The molecule has 0 radical (unpaired) electrons. The zero-order chi connectivity index (χ0) is 13.8. The fourth-order valence-electron chi connectivity index (χ4n) is 2.57. The highest BCUT2D eigenvalue weighted by molar-refractivity contribution is 5.95. The number of carbonyl (C=O) groups is 1. The molecule has 4 heteroatoms. The Hall–Kier alpha value is -1.55. The van der Waals surface area contributed by atoms with E-state index in [0.29, 0.717) is 11.6 Å². The Morgan fingerprint density at radius 2 is 2.26 bits per heavy atom. The fourth-order valence-corrected chi connectivity index (χ4v) is 2.57. The number of anilines is 1. The summed E-state index contributed by atoms with van der Waals surface area (Å²) < 4.78 is 4.85. The number of nitrogens with zero attached hydrogens (tertiary/aromatic N) is 1. The zero-order valence-electron chi connectivity index (χ0n) is 11.9. The van der Waals surface area contributed by atoms with Gasteiger partial charge in [0, 0.05) is 18.3 Å². The summed E-state index contributed by atoms with van der Waals surface area (Å²) in [6, 6.07) is 6.25. The summed E-state index contributed by atoms with van der Waals surface area (Å²) in [6.45, 7) is 4.13. The van der Waals surface area contributed by atoms with Gasteiger partial charge >= 0.3 is 5.97 Å². The van der Waals surface area contributed by atoms with Gasteiger partial charge in [0.05, 0.1) is 12.7 Å². The van der Waals surface area contributed by atoms with Crippen LogP contribution in [0.25, 0.3) is 0 Å². The van der Waals surface area contributed by atoms with Crippen LogP contribution in [0, 0.1) is 6.92 Å². The first-order valence-corrected chi connectivity index (χ1v) is 6.74. The van der Waals surface area contributed by atoms with Crippen LogP contribution in [-0.2, 0) is 4.74 Å². The van der Waals surface area contributed by atoms with Crippen LogP contribution in [0.2, 0.25) is 0 Å². The minimum Gasteiger partial charge on any atom is -0.465 e. The van der Waals surface area contributed by atoms with Crippen LogP contribution in [0.15, 0.2) is 18.2 Å². The highest BCUT2D eigenvalue weighted by Gasteiger charge is 2.19. The van der Waals surface area contributed by atoms with E-state index in [9.17, 15) is 4.79 Å². The van der Waals surface area contributed by atoms with E-state index in [1.165, 1.54) is 13.5 Å². The van der Waals surface area contributed by atoms with E-state index in [-0.39, 0.29) is 5.97 Å². The second-order valence-corrected chi connectivity index (χ2v) is 5.29. The first-order valence-electron chi connectivity index (χ1n) is 6.74. The molecule has 1 aliphatic rings. The number of hydrogen-bond acceptors (Lipinski definition) is 4. The highest BCUT2D eigenvalue weighted by Crippen LogP contribution is 2.21. The number of ether oxygens (including phenoxy) is 1. The average molecular weight is 262 g/mol. The maximum atomic E-state index is 11.8. The molecule has 1 aliphatic heterocycles. The fraction of sp³-hybridized carbons (Fsp3) is 0.533. The van der Waals surface area contributed by atoms with E-state index >= 15 is 0 Å². The monoisotopic (exact) mass is 262 g/mol. The van der Waals surface area contributed by atoms with Crippen LogP contribution in [0.5, 0.6) is 0 Å². The van der Waals surface area contributed by atoms with Gasteiger partial charge < -0.3 is 15.0 Å². The second-order valence-electron chi connectivity index (χ2n) is 5.29. The van der Waals surface area contributed by atoms with Crippen molar-refractivity contribution in [2.45, 2.75) is 25.8 Å². The summed E-state index contributed by atoms with van der Waals surface area (Å²) in [6.07, 6.45) is 2.33. The largest absolute Gasteiger partial charge is 0.465 e. The SMILES string of the molecule is COC(=O)c1cc(C)ccc1NC1CCCN(C)C1. The Kier molecular flexibility index (Phi) is 4.43. The van der Waals surface area contributed by atoms with Gasteiger partial charge in [-0.15, -0.1) is 0 Å². The molecule has 2 rings (SSSR count). The van der Waals surface area contributed by atoms with Gasteiger partial charge in [-0.25, -0.2) is 4.79 Å². The number of esters is 1. The van der Waals surface area contributed by atoms with Crippen LogP contribution in [-0.4, -0.2) is 44.2 Å². The molecular formula is C15H22N2O2. The van der Waals surface area contributed by atoms with Crippen LogP contribution in [0.1, 0.15) is 28.8 Å². The number of methoxy groups -OCH3 is 1. The van der Waals surface area contributed by atoms with Gasteiger partial charge in [0.2, 0.25) is 0 Å². The first-order chi connectivity index (χ1) is 9.10. The number of rotatable bonds is 3. The van der Waals surface area contributed by atoms with Gasteiger partial charge in [0.15, 0.2) is 0 Å². The van der Waals surface area contributed by atoms with Crippen LogP contribution >= 0.6 is 0 Å². The number of hydrogen-bond donors (Lipinski definition) is 1. The Bertz CT molecular complexity index is 459.